The second-order valence-corrected chi connectivity index (χ2v) is 6.98. The van der Waals surface area contributed by atoms with Crippen molar-refractivity contribution in [2.75, 3.05) is 11.9 Å². The van der Waals surface area contributed by atoms with Gasteiger partial charge in [-0.2, -0.15) is 0 Å². The van der Waals surface area contributed by atoms with Crippen LogP contribution in [0.5, 0.6) is 5.75 Å². The number of nitrogens with zero attached hydrogens (tertiary/aromatic N) is 2. The van der Waals surface area contributed by atoms with E-state index in [2.05, 4.69) is 15.5 Å². The maximum absolute atomic E-state index is 13.6. The van der Waals surface area contributed by atoms with Crippen LogP contribution >= 0.6 is 11.6 Å². The van der Waals surface area contributed by atoms with E-state index >= 15 is 0 Å². The molecule has 4 rings (SSSR count). The summed E-state index contributed by atoms with van der Waals surface area (Å²) in [5.74, 6) is 1.02. The van der Waals surface area contributed by atoms with Crippen molar-refractivity contribution in [2.24, 2.45) is 0 Å². The van der Waals surface area contributed by atoms with Gasteiger partial charge in [0.25, 0.3) is 0 Å². The molecule has 0 bridgehead atoms. The fraction of sp³-hybridized carbons (Fsp3) is 0.130. The number of halogens is 2. The highest BCUT2D eigenvalue weighted by atomic mass is 35.5. The number of benzene rings is 3. The topological polar surface area (TPSA) is 60.2 Å². The summed E-state index contributed by atoms with van der Waals surface area (Å²) in [4.78, 5) is 0. The number of rotatable bonds is 7. The van der Waals surface area contributed by atoms with Crippen LogP contribution in [-0.2, 0) is 0 Å². The molecule has 5 nitrogen and oxygen atoms in total. The third-order valence-corrected chi connectivity index (χ3v) is 4.69. The fourth-order valence-corrected chi connectivity index (χ4v) is 3.14. The number of hydrogen-bond donors (Lipinski definition) is 1. The smallest absolute Gasteiger partial charge is 0.247 e. The number of hydrogen-bond acceptors (Lipinski definition) is 5. The van der Waals surface area contributed by atoms with E-state index in [0.717, 1.165) is 17.0 Å². The molecule has 7 heteroatoms. The third-order valence-electron chi connectivity index (χ3n) is 4.44. The van der Waals surface area contributed by atoms with Crippen LogP contribution < -0.4 is 10.1 Å². The van der Waals surface area contributed by atoms with Gasteiger partial charge in [-0.25, -0.2) is 4.39 Å². The van der Waals surface area contributed by atoms with Gasteiger partial charge in [0, 0.05) is 16.3 Å². The molecule has 3 aromatic carbocycles. The Morgan fingerprint density at radius 1 is 1.03 bits per heavy atom. The molecule has 0 amide bonds. The molecule has 4 aromatic rings. The van der Waals surface area contributed by atoms with Gasteiger partial charge < -0.3 is 14.5 Å². The molecule has 0 spiro atoms. The zero-order valence-corrected chi connectivity index (χ0v) is 16.9. The highest BCUT2D eigenvalue weighted by molar-refractivity contribution is 6.30. The Hall–Kier alpha value is -3.38. The standard InChI is InChI=1S/C23H19ClFN3O2/c1-2-29-20-12-10-19(11-13-20)26-21(15-6-8-17(24)9-7-15)23-28-27-22(30-23)16-4-3-5-18(25)14-16/h3-14,21,26H,2H2,1H3/t21-/m1/s1. The second kappa shape index (κ2) is 8.97. The van der Waals surface area contributed by atoms with Gasteiger partial charge in [-0.05, 0) is 67.1 Å². The van der Waals surface area contributed by atoms with Gasteiger partial charge in [-0.1, -0.05) is 29.8 Å². The summed E-state index contributed by atoms with van der Waals surface area (Å²) in [6, 6.07) is 20.6. The third kappa shape index (κ3) is 4.60. The number of aromatic nitrogens is 2. The van der Waals surface area contributed by atoms with Crippen molar-refractivity contribution in [1.29, 1.82) is 0 Å². The first kappa shape index (κ1) is 19.9. The lowest BCUT2D eigenvalue weighted by atomic mass is 10.1. The first-order valence-corrected chi connectivity index (χ1v) is 9.84. The Morgan fingerprint density at radius 3 is 2.50 bits per heavy atom. The van der Waals surface area contributed by atoms with E-state index in [1.54, 1.807) is 24.3 Å². The van der Waals surface area contributed by atoms with E-state index in [4.69, 9.17) is 20.8 Å². The number of anilines is 1. The van der Waals surface area contributed by atoms with Crippen LogP contribution in [-0.4, -0.2) is 16.8 Å². The molecule has 152 valence electrons. The Balaban J connectivity index is 1.66. The Bertz CT molecular complexity index is 1110. The molecule has 0 aliphatic rings. The minimum atomic E-state index is -0.421. The lowest BCUT2D eigenvalue weighted by Crippen LogP contribution is -2.13. The zero-order chi connectivity index (χ0) is 20.9. The molecular formula is C23H19ClFN3O2. The monoisotopic (exact) mass is 423 g/mol. The summed E-state index contributed by atoms with van der Waals surface area (Å²) in [6.45, 7) is 2.54. The van der Waals surface area contributed by atoms with Crippen molar-refractivity contribution in [3.8, 4) is 17.2 Å². The summed E-state index contributed by atoms with van der Waals surface area (Å²) in [6.07, 6.45) is 0. The van der Waals surface area contributed by atoms with E-state index < -0.39 is 6.04 Å². The lowest BCUT2D eigenvalue weighted by Gasteiger charge is -2.17. The fourth-order valence-electron chi connectivity index (χ4n) is 3.01. The van der Waals surface area contributed by atoms with Gasteiger partial charge in [0.15, 0.2) is 0 Å². The van der Waals surface area contributed by atoms with Gasteiger partial charge in [0.2, 0.25) is 11.8 Å². The average molecular weight is 424 g/mol. The summed E-state index contributed by atoms with van der Waals surface area (Å²) in [5.41, 5.74) is 2.26. The minimum Gasteiger partial charge on any atom is -0.494 e. The molecule has 1 aromatic heterocycles. The zero-order valence-electron chi connectivity index (χ0n) is 16.2. The summed E-state index contributed by atoms with van der Waals surface area (Å²) in [7, 11) is 0. The lowest BCUT2D eigenvalue weighted by molar-refractivity contribution is 0.340. The van der Waals surface area contributed by atoms with E-state index in [0.29, 0.717) is 23.1 Å². The molecule has 1 N–H and O–H groups in total. The SMILES string of the molecule is CCOc1ccc(N[C@H](c2ccc(Cl)cc2)c2nnc(-c3cccc(F)c3)o2)cc1. The largest absolute Gasteiger partial charge is 0.494 e. The van der Waals surface area contributed by atoms with Crippen molar-refractivity contribution >= 4 is 17.3 Å². The van der Waals surface area contributed by atoms with E-state index in [-0.39, 0.29) is 11.7 Å². The highest BCUT2D eigenvalue weighted by Crippen LogP contribution is 2.30. The van der Waals surface area contributed by atoms with Gasteiger partial charge in [-0.15, -0.1) is 10.2 Å². The van der Waals surface area contributed by atoms with Crippen LogP contribution in [0.2, 0.25) is 5.02 Å². The summed E-state index contributed by atoms with van der Waals surface area (Å²) < 4.78 is 25.0. The molecule has 0 unspecified atom stereocenters. The minimum absolute atomic E-state index is 0.247. The molecule has 1 heterocycles. The quantitative estimate of drug-likeness (QED) is 0.387. The molecule has 30 heavy (non-hydrogen) atoms. The van der Waals surface area contributed by atoms with Crippen LogP contribution in [0.1, 0.15) is 24.4 Å². The van der Waals surface area contributed by atoms with Crippen molar-refractivity contribution < 1.29 is 13.5 Å². The van der Waals surface area contributed by atoms with E-state index in [1.165, 1.54) is 12.1 Å². The Labute approximate surface area is 178 Å². The van der Waals surface area contributed by atoms with Crippen molar-refractivity contribution in [2.45, 2.75) is 13.0 Å². The Kier molecular flexibility index (Phi) is 5.95. The second-order valence-electron chi connectivity index (χ2n) is 6.54. The van der Waals surface area contributed by atoms with Gasteiger partial charge >= 0.3 is 0 Å². The normalized spacial score (nSPS) is 11.8. The number of ether oxygens (including phenoxy) is 1. The van der Waals surface area contributed by atoms with Crippen molar-refractivity contribution in [3.63, 3.8) is 0 Å². The van der Waals surface area contributed by atoms with Crippen LogP contribution in [0.25, 0.3) is 11.5 Å². The number of nitrogens with one attached hydrogen (secondary N) is 1. The van der Waals surface area contributed by atoms with Crippen LogP contribution in [0.3, 0.4) is 0 Å². The van der Waals surface area contributed by atoms with E-state index in [9.17, 15) is 4.39 Å². The maximum Gasteiger partial charge on any atom is 0.247 e. The summed E-state index contributed by atoms with van der Waals surface area (Å²) >= 11 is 6.05. The molecular weight excluding hydrogens is 405 g/mol. The van der Waals surface area contributed by atoms with Crippen LogP contribution in [0.4, 0.5) is 10.1 Å². The molecule has 1 atom stereocenters. The molecule has 0 aliphatic carbocycles. The maximum atomic E-state index is 13.6. The van der Waals surface area contributed by atoms with Gasteiger partial charge in [0.05, 0.1) is 6.61 Å². The summed E-state index contributed by atoms with van der Waals surface area (Å²) in [5, 5.41) is 12.3. The van der Waals surface area contributed by atoms with Gasteiger partial charge in [-0.3, -0.25) is 0 Å². The first-order chi connectivity index (χ1) is 14.6. The van der Waals surface area contributed by atoms with E-state index in [1.807, 2.05) is 43.3 Å². The molecule has 0 saturated heterocycles. The highest BCUT2D eigenvalue weighted by Gasteiger charge is 2.22. The Morgan fingerprint density at radius 2 is 1.80 bits per heavy atom. The van der Waals surface area contributed by atoms with Crippen molar-refractivity contribution in [3.05, 3.63) is 95.1 Å². The van der Waals surface area contributed by atoms with Crippen LogP contribution in [0, 0.1) is 5.82 Å². The predicted octanol–water partition coefficient (Wildman–Crippen LogP) is 6.13. The van der Waals surface area contributed by atoms with Gasteiger partial charge in [0.1, 0.15) is 17.6 Å². The van der Waals surface area contributed by atoms with Crippen LogP contribution in [0.15, 0.2) is 77.2 Å². The molecule has 0 fully saturated rings. The average Bonchev–Trinajstić information content (AvgIpc) is 3.24. The molecule has 0 aliphatic heterocycles. The van der Waals surface area contributed by atoms with Crippen molar-refractivity contribution in [1.82, 2.24) is 10.2 Å². The molecule has 0 radical (unpaired) electrons. The molecule has 0 saturated carbocycles. The first-order valence-electron chi connectivity index (χ1n) is 9.46. The predicted molar refractivity (Wildman–Crippen MR) is 114 cm³/mol.